The van der Waals surface area contributed by atoms with Crippen molar-refractivity contribution in [2.45, 2.75) is 44.6 Å². The average Bonchev–Trinajstić information content (AvgIpc) is 2.87. The van der Waals surface area contributed by atoms with Gasteiger partial charge >= 0.3 is 0 Å². The molecule has 2 N–H and O–H groups in total. The Morgan fingerprint density at radius 1 is 1.00 bits per heavy atom. The lowest BCUT2D eigenvalue weighted by atomic mass is 10.1. The van der Waals surface area contributed by atoms with Crippen LogP contribution in [0, 0.1) is 0 Å². The minimum Gasteiger partial charge on any atom is -0.366 e. The van der Waals surface area contributed by atoms with Gasteiger partial charge in [0.25, 0.3) is 5.91 Å². The van der Waals surface area contributed by atoms with Gasteiger partial charge in [0.1, 0.15) is 11.5 Å². The van der Waals surface area contributed by atoms with Gasteiger partial charge in [-0.1, -0.05) is 48.9 Å². The fourth-order valence-electron chi connectivity index (χ4n) is 2.92. The molecule has 1 aliphatic rings. The Bertz CT molecular complexity index is 728. The number of benzene rings is 1. The molecular formula is C18H20Cl2N4O. The molecule has 1 heterocycles. The van der Waals surface area contributed by atoms with Gasteiger partial charge in [-0.3, -0.25) is 4.79 Å². The smallest absolute Gasteiger partial charge is 0.275 e. The van der Waals surface area contributed by atoms with Crippen LogP contribution in [-0.4, -0.2) is 21.9 Å². The molecule has 0 bridgehead atoms. The first-order valence-corrected chi connectivity index (χ1v) is 9.22. The molecule has 2 aromatic rings. The number of hydrogen-bond acceptors (Lipinski definition) is 4. The monoisotopic (exact) mass is 378 g/mol. The summed E-state index contributed by atoms with van der Waals surface area (Å²) in [5.74, 6) is 0.366. The highest BCUT2D eigenvalue weighted by Gasteiger charge is 2.14. The number of anilines is 2. The highest BCUT2D eigenvalue weighted by atomic mass is 35.5. The van der Waals surface area contributed by atoms with Gasteiger partial charge in [0.2, 0.25) is 0 Å². The lowest BCUT2D eigenvalue weighted by molar-refractivity contribution is 0.102. The highest BCUT2D eigenvalue weighted by Crippen LogP contribution is 2.25. The molecule has 132 valence electrons. The molecule has 0 saturated heterocycles. The summed E-state index contributed by atoms with van der Waals surface area (Å²) in [6.45, 7) is 0. The van der Waals surface area contributed by atoms with E-state index in [1.165, 1.54) is 31.9 Å². The summed E-state index contributed by atoms with van der Waals surface area (Å²) in [7, 11) is 0. The van der Waals surface area contributed by atoms with Crippen molar-refractivity contribution >= 4 is 40.6 Å². The van der Waals surface area contributed by atoms with Crippen LogP contribution in [0.2, 0.25) is 10.0 Å². The summed E-state index contributed by atoms with van der Waals surface area (Å²) >= 11 is 11.8. The Morgan fingerprint density at radius 3 is 2.40 bits per heavy atom. The Hall–Kier alpha value is -1.85. The van der Waals surface area contributed by atoms with Crippen molar-refractivity contribution in [3.05, 3.63) is 46.3 Å². The van der Waals surface area contributed by atoms with Gasteiger partial charge in [-0.2, -0.15) is 0 Å². The van der Waals surface area contributed by atoms with Crippen LogP contribution < -0.4 is 10.6 Å². The number of rotatable bonds is 4. The van der Waals surface area contributed by atoms with E-state index in [2.05, 4.69) is 20.6 Å². The van der Waals surface area contributed by atoms with Crippen LogP contribution >= 0.6 is 23.2 Å². The lowest BCUT2D eigenvalue weighted by Crippen LogP contribution is -2.20. The Balaban J connectivity index is 1.60. The zero-order valence-corrected chi connectivity index (χ0v) is 15.3. The summed E-state index contributed by atoms with van der Waals surface area (Å²) in [5, 5.41) is 6.96. The van der Waals surface area contributed by atoms with E-state index in [-0.39, 0.29) is 11.6 Å². The van der Waals surface area contributed by atoms with Crippen LogP contribution in [0.15, 0.2) is 30.6 Å². The summed E-state index contributed by atoms with van der Waals surface area (Å²) < 4.78 is 0. The molecule has 0 spiro atoms. The number of aromatic nitrogens is 2. The van der Waals surface area contributed by atoms with E-state index < -0.39 is 0 Å². The van der Waals surface area contributed by atoms with Crippen molar-refractivity contribution in [2.24, 2.45) is 0 Å². The summed E-state index contributed by atoms with van der Waals surface area (Å²) in [6.07, 6.45) is 10.5. The van der Waals surface area contributed by atoms with Gasteiger partial charge in [0.15, 0.2) is 0 Å². The molecule has 0 atom stereocenters. The van der Waals surface area contributed by atoms with E-state index in [9.17, 15) is 4.79 Å². The van der Waals surface area contributed by atoms with Crippen LogP contribution in [0.25, 0.3) is 0 Å². The third-order valence-corrected chi connectivity index (χ3v) is 5.01. The first-order chi connectivity index (χ1) is 12.1. The largest absolute Gasteiger partial charge is 0.366 e. The van der Waals surface area contributed by atoms with Gasteiger partial charge in [-0.05, 0) is 31.0 Å². The summed E-state index contributed by atoms with van der Waals surface area (Å²) in [6, 6.07) is 5.34. The Morgan fingerprint density at radius 2 is 1.76 bits per heavy atom. The van der Waals surface area contributed by atoms with E-state index in [0.29, 0.717) is 27.6 Å². The van der Waals surface area contributed by atoms with Crippen molar-refractivity contribution in [1.29, 1.82) is 0 Å². The minimum atomic E-state index is -0.341. The van der Waals surface area contributed by atoms with E-state index in [4.69, 9.17) is 23.2 Å². The van der Waals surface area contributed by atoms with Gasteiger partial charge in [-0.25, -0.2) is 9.97 Å². The number of nitrogens with zero attached hydrogens (tertiary/aromatic N) is 2. The molecule has 3 rings (SSSR count). The molecule has 1 amide bonds. The predicted octanol–water partition coefficient (Wildman–Crippen LogP) is 5.17. The number of nitrogens with one attached hydrogen (secondary N) is 2. The Labute approximate surface area is 157 Å². The van der Waals surface area contributed by atoms with E-state index >= 15 is 0 Å². The maximum atomic E-state index is 12.2. The molecule has 1 aromatic heterocycles. The number of carbonyl (C=O) groups is 1. The second-order valence-electron chi connectivity index (χ2n) is 6.20. The second-order valence-corrected chi connectivity index (χ2v) is 7.02. The normalized spacial score (nSPS) is 15.4. The molecule has 0 aliphatic heterocycles. The molecule has 5 nitrogen and oxygen atoms in total. The van der Waals surface area contributed by atoms with Crippen molar-refractivity contribution in [1.82, 2.24) is 9.97 Å². The maximum Gasteiger partial charge on any atom is 0.275 e. The average molecular weight is 379 g/mol. The van der Waals surface area contributed by atoms with E-state index in [1.54, 1.807) is 24.4 Å². The van der Waals surface area contributed by atoms with Crippen LogP contribution in [-0.2, 0) is 0 Å². The van der Waals surface area contributed by atoms with Crippen LogP contribution in [0.3, 0.4) is 0 Å². The second kappa shape index (κ2) is 8.50. The molecule has 1 saturated carbocycles. The highest BCUT2D eigenvalue weighted by molar-refractivity contribution is 6.42. The quantitative estimate of drug-likeness (QED) is 0.720. The molecular weight excluding hydrogens is 359 g/mol. The van der Waals surface area contributed by atoms with Gasteiger partial charge in [-0.15, -0.1) is 0 Å². The number of amides is 1. The molecule has 0 unspecified atom stereocenters. The SMILES string of the molecule is O=C(Nc1ccc(Cl)c(Cl)c1)c1cnc(NC2CCCCCC2)cn1. The topological polar surface area (TPSA) is 66.9 Å². The summed E-state index contributed by atoms with van der Waals surface area (Å²) in [5.41, 5.74) is 0.805. The van der Waals surface area contributed by atoms with Gasteiger partial charge < -0.3 is 10.6 Å². The Kier molecular flexibility index (Phi) is 6.10. The molecule has 0 radical (unpaired) electrons. The third kappa shape index (κ3) is 5.06. The minimum absolute atomic E-state index is 0.248. The van der Waals surface area contributed by atoms with Crippen LogP contribution in [0.5, 0.6) is 0 Å². The fraction of sp³-hybridized carbons (Fsp3) is 0.389. The first kappa shape index (κ1) is 18.0. The fourth-order valence-corrected chi connectivity index (χ4v) is 3.22. The third-order valence-electron chi connectivity index (χ3n) is 4.27. The molecule has 25 heavy (non-hydrogen) atoms. The van der Waals surface area contributed by atoms with Crippen LogP contribution in [0.1, 0.15) is 49.0 Å². The van der Waals surface area contributed by atoms with Gasteiger partial charge in [0.05, 0.1) is 22.4 Å². The predicted molar refractivity (Wildman–Crippen MR) is 102 cm³/mol. The van der Waals surface area contributed by atoms with Crippen molar-refractivity contribution in [3.8, 4) is 0 Å². The van der Waals surface area contributed by atoms with Crippen molar-refractivity contribution in [3.63, 3.8) is 0 Å². The maximum absolute atomic E-state index is 12.2. The lowest BCUT2D eigenvalue weighted by Gasteiger charge is -2.16. The molecule has 7 heteroatoms. The number of hydrogen-bond donors (Lipinski definition) is 2. The van der Waals surface area contributed by atoms with Crippen molar-refractivity contribution in [2.75, 3.05) is 10.6 Å². The van der Waals surface area contributed by atoms with E-state index in [1.807, 2.05) is 0 Å². The molecule has 1 fully saturated rings. The van der Waals surface area contributed by atoms with Crippen molar-refractivity contribution < 1.29 is 4.79 Å². The molecule has 1 aliphatic carbocycles. The zero-order chi connectivity index (χ0) is 17.6. The first-order valence-electron chi connectivity index (χ1n) is 8.47. The van der Waals surface area contributed by atoms with Crippen LogP contribution in [0.4, 0.5) is 11.5 Å². The van der Waals surface area contributed by atoms with E-state index in [0.717, 1.165) is 12.8 Å². The number of halogens is 2. The summed E-state index contributed by atoms with van der Waals surface area (Å²) in [4.78, 5) is 20.8. The number of carbonyl (C=O) groups excluding carboxylic acids is 1. The van der Waals surface area contributed by atoms with Gasteiger partial charge in [0, 0.05) is 11.7 Å². The molecule has 1 aromatic carbocycles. The standard InChI is InChI=1S/C18H20Cl2N4O/c19-14-8-7-13(9-15(14)20)24-18(25)16-10-22-17(11-21-16)23-12-5-3-1-2-4-6-12/h7-12H,1-6H2,(H,22,23)(H,24,25). The zero-order valence-electron chi connectivity index (χ0n) is 13.8.